The molecule has 1 aromatic carbocycles. The minimum absolute atomic E-state index is 0.0470. The Hall–Kier alpha value is -2.12. The van der Waals surface area contributed by atoms with Crippen LogP contribution in [0, 0.1) is 23.2 Å². The minimum atomic E-state index is -0.652. The standard InChI is InChI=1S/C33H49ClN4O3/c1-37(2)32(41)33(26-10-4-3-5-11-26)16-18-38(19-17-33)31(40)29(20-23-12-14-27(34)15-13-23)36-30(39)28-21-24-8-6-7-9-25(24)22-35-28/h12-15,24-26,28-29,35H,3-11,16-22H2,1-2H3,(H,36,39)/t24?,25?,28-,29-/m1/s1. The van der Waals surface area contributed by atoms with Gasteiger partial charge >= 0.3 is 0 Å². The van der Waals surface area contributed by atoms with Crippen molar-refractivity contribution < 1.29 is 14.4 Å². The Balaban J connectivity index is 1.29. The molecule has 0 radical (unpaired) electrons. The minimum Gasteiger partial charge on any atom is -0.348 e. The van der Waals surface area contributed by atoms with E-state index in [4.69, 9.17) is 11.6 Å². The van der Waals surface area contributed by atoms with E-state index in [9.17, 15) is 14.4 Å². The van der Waals surface area contributed by atoms with E-state index in [1.54, 1.807) is 4.90 Å². The van der Waals surface area contributed by atoms with Crippen molar-refractivity contribution in [3.63, 3.8) is 0 Å². The molecule has 0 bridgehead atoms. The van der Waals surface area contributed by atoms with Gasteiger partial charge in [-0.25, -0.2) is 0 Å². The predicted octanol–water partition coefficient (Wildman–Crippen LogP) is 4.81. The van der Waals surface area contributed by atoms with E-state index in [1.165, 1.54) is 44.9 Å². The second-order valence-electron chi connectivity index (χ2n) is 13.4. The highest BCUT2D eigenvalue weighted by Crippen LogP contribution is 2.47. The first kappa shape index (κ1) is 30.3. The Morgan fingerprint density at radius 2 is 1.61 bits per heavy atom. The maximum atomic E-state index is 14.1. The van der Waals surface area contributed by atoms with Crippen LogP contribution in [-0.2, 0) is 20.8 Å². The monoisotopic (exact) mass is 584 g/mol. The lowest BCUT2D eigenvalue weighted by Crippen LogP contribution is -2.59. The number of rotatable bonds is 7. The van der Waals surface area contributed by atoms with Crippen molar-refractivity contribution in [1.82, 2.24) is 20.4 Å². The second kappa shape index (κ2) is 13.5. The number of hydrogen-bond acceptors (Lipinski definition) is 4. The third kappa shape index (κ3) is 6.93. The molecule has 2 heterocycles. The lowest BCUT2D eigenvalue weighted by molar-refractivity contribution is -0.152. The van der Waals surface area contributed by atoms with Crippen molar-refractivity contribution in [2.24, 2.45) is 23.2 Å². The molecule has 2 saturated carbocycles. The van der Waals surface area contributed by atoms with Gasteiger partial charge in [0, 0.05) is 38.6 Å². The summed E-state index contributed by atoms with van der Waals surface area (Å²) in [7, 11) is 3.72. The van der Waals surface area contributed by atoms with E-state index in [1.807, 2.05) is 43.3 Å². The fraction of sp³-hybridized carbons (Fsp3) is 0.727. The molecule has 8 heteroatoms. The summed E-state index contributed by atoms with van der Waals surface area (Å²) in [6.45, 7) is 1.98. The predicted molar refractivity (Wildman–Crippen MR) is 162 cm³/mol. The number of carbonyl (C=O) groups is 3. The van der Waals surface area contributed by atoms with Crippen LogP contribution in [0.2, 0.25) is 5.02 Å². The molecule has 4 fully saturated rings. The smallest absolute Gasteiger partial charge is 0.245 e. The molecule has 0 aromatic heterocycles. The van der Waals surface area contributed by atoms with Crippen LogP contribution < -0.4 is 10.6 Å². The Morgan fingerprint density at radius 3 is 2.27 bits per heavy atom. The molecule has 7 nitrogen and oxygen atoms in total. The summed E-state index contributed by atoms with van der Waals surface area (Å²) in [5.41, 5.74) is 0.575. The third-order valence-electron chi connectivity index (χ3n) is 10.7. The maximum Gasteiger partial charge on any atom is 0.245 e. The normalized spacial score (nSPS) is 27.4. The fourth-order valence-corrected chi connectivity index (χ4v) is 8.44. The maximum absolute atomic E-state index is 14.1. The van der Waals surface area contributed by atoms with Crippen molar-refractivity contribution >= 4 is 29.3 Å². The lowest BCUT2D eigenvalue weighted by atomic mass is 9.63. The Kier molecular flexibility index (Phi) is 9.96. The number of piperidine rings is 2. The highest BCUT2D eigenvalue weighted by molar-refractivity contribution is 6.30. The van der Waals surface area contributed by atoms with Gasteiger partial charge < -0.3 is 20.4 Å². The topological polar surface area (TPSA) is 81.8 Å². The van der Waals surface area contributed by atoms with Gasteiger partial charge in [0.25, 0.3) is 0 Å². The molecule has 2 saturated heterocycles. The molecule has 2 aliphatic heterocycles. The molecule has 2 aliphatic carbocycles. The van der Waals surface area contributed by atoms with Gasteiger partial charge in [0.05, 0.1) is 11.5 Å². The largest absolute Gasteiger partial charge is 0.348 e. The second-order valence-corrected chi connectivity index (χ2v) is 13.8. The average molecular weight is 585 g/mol. The van der Waals surface area contributed by atoms with E-state index >= 15 is 0 Å². The van der Waals surface area contributed by atoms with E-state index in [0.29, 0.717) is 55.1 Å². The van der Waals surface area contributed by atoms with E-state index in [-0.39, 0.29) is 23.8 Å². The average Bonchev–Trinajstić information content (AvgIpc) is 3.01. The fourth-order valence-electron chi connectivity index (χ4n) is 8.32. The molecule has 226 valence electrons. The zero-order valence-electron chi connectivity index (χ0n) is 25.0. The molecule has 5 rings (SSSR count). The Labute approximate surface area is 251 Å². The zero-order chi connectivity index (χ0) is 29.0. The molecule has 3 amide bonds. The first-order valence-corrected chi connectivity index (χ1v) is 16.4. The summed E-state index contributed by atoms with van der Waals surface area (Å²) in [6.07, 6.45) is 13.4. The van der Waals surface area contributed by atoms with Gasteiger partial charge in [0.15, 0.2) is 0 Å². The summed E-state index contributed by atoms with van der Waals surface area (Å²) in [5.74, 6) is 1.74. The molecule has 2 unspecified atom stereocenters. The molecule has 4 atom stereocenters. The van der Waals surface area contributed by atoms with Crippen molar-refractivity contribution in [3.8, 4) is 0 Å². The van der Waals surface area contributed by atoms with Crippen molar-refractivity contribution in [2.75, 3.05) is 33.7 Å². The number of benzene rings is 1. The van der Waals surface area contributed by atoms with E-state index in [0.717, 1.165) is 31.4 Å². The van der Waals surface area contributed by atoms with Gasteiger partial charge in [-0.2, -0.15) is 0 Å². The number of nitrogens with zero attached hydrogens (tertiary/aromatic N) is 2. The highest BCUT2D eigenvalue weighted by atomic mass is 35.5. The SMILES string of the molecule is CN(C)C(=O)C1(C2CCCCC2)CCN(C(=O)[C@@H](Cc2ccc(Cl)cc2)NC(=O)[C@H]2CC3CCCCC3CN2)CC1. The Bertz CT molecular complexity index is 1060. The van der Waals surface area contributed by atoms with Gasteiger partial charge in [-0.05, 0) is 80.5 Å². The molecular formula is C33H49ClN4O3. The van der Waals surface area contributed by atoms with Gasteiger partial charge in [-0.15, -0.1) is 0 Å². The van der Waals surface area contributed by atoms with Gasteiger partial charge in [-0.3, -0.25) is 14.4 Å². The first-order chi connectivity index (χ1) is 19.8. The number of likely N-dealkylation sites (tertiary alicyclic amines) is 1. The van der Waals surface area contributed by atoms with Crippen LogP contribution >= 0.6 is 11.6 Å². The van der Waals surface area contributed by atoms with Crippen LogP contribution in [-0.4, -0.2) is 73.3 Å². The number of carbonyl (C=O) groups excluding carboxylic acids is 3. The summed E-state index contributed by atoms with van der Waals surface area (Å²) < 4.78 is 0. The number of nitrogens with one attached hydrogen (secondary N) is 2. The first-order valence-electron chi connectivity index (χ1n) is 16.1. The quantitative estimate of drug-likeness (QED) is 0.482. The molecule has 1 aromatic rings. The highest BCUT2D eigenvalue weighted by Gasteiger charge is 2.49. The van der Waals surface area contributed by atoms with Gasteiger partial charge in [0.1, 0.15) is 6.04 Å². The molecule has 4 aliphatic rings. The van der Waals surface area contributed by atoms with Crippen LogP contribution in [0.15, 0.2) is 24.3 Å². The summed E-state index contributed by atoms with van der Waals surface area (Å²) in [6, 6.07) is 6.62. The summed E-state index contributed by atoms with van der Waals surface area (Å²) in [4.78, 5) is 44.9. The van der Waals surface area contributed by atoms with Crippen LogP contribution in [0.4, 0.5) is 0 Å². The van der Waals surface area contributed by atoms with Crippen molar-refractivity contribution in [3.05, 3.63) is 34.9 Å². The molecular weight excluding hydrogens is 536 g/mol. The zero-order valence-corrected chi connectivity index (χ0v) is 25.8. The Morgan fingerprint density at radius 1 is 0.976 bits per heavy atom. The van der Waals surface area contributed by atoms with Gasteiger partial charge in [0.2, 0.25) is 17.7 Å². The van der Waals surface area contributed by atoms with E-state index in [2.05, 4.69) is 10.6 Å². The van der Waals surface area contributed by atoms with Crippen LogP contribution in [0.1, 0.15) is 82.6 Å². The molecule has 2 N–H and O–H groups in total. The lowest BCUT2D eigenvalue weighted by Gasteiger charge is -2.48. The summed E-state index contributed by atoms with van der Waals surface area (Å²) in [5, 5.41) is 7.30. The van der Waals surface area contributed by atoms with Crippen LogP contribution in [0.25, 0.3) is 0 Å². The van der Waals surface area contributed by atoms with Crippen molar-refractivity contribution in [2.45, 2.75) is 95.6 Å². The van der Waals surface area contributed by atoms with E-state index < -0.39 is 11.5 Å². The molecule has 0 spiro atoms. The van der Waals surface area contributed by atoms with Gasteiger partial charge in [-0.1, -0.05) is 62.3 Å². The third-order valence-corrected chi connectivity index (χ3v) is 11.0. The van der Waals surface area contributed by atoms with Crippen molar-refractivity contribution in [1.29, 1.82) is 0 Å². The summed E-state index contributed by atoms with van der Waals surface area (Å²) >= 11 is 6.13. The van der Waals surface area contributed by atoms with Crippen LogP contribution in [0.3, 0.4) is 0 Å². The van der Waals surface area contributed by atoms with Crippen LogP contribution in [0.5, 0.6) is 0 Å². The number of hydrogen-bond donors (Lipinski definition) is 2. The number of fused-ring (bicyclic) bond motifs is 1. The number of halogens is 1. The molecule has 41 heavy (non-hydrogen) atoms. The number of amides is 3.